The Bertz CT molecular complexity index is 413. The number of halogens is 1. The van der Waals surface area contributed by atoms with Crippen LogP contribution < -0.4 is 10.1 Å². The van der Waals surface area contributed by atoms with Crippen molar-refractivity contribution in [2.75, 3.05) is 6.61 Å². The van der Waals surface area contributed by atoms with Crippen LogP contribution in [0.2, 0.25) is 0 Å². The average Bonchev–Trinajstić information content (AvgIpc) is 3.08. The van der Waals surface area contributed by atoms with Crippen molar-refractivity contribution in [3.05, 3.63) is 40.4 Å². The second-order valence-corrected chi connectivity index (χ2v) is 5.57. The molecule has 3 heteroatoms. The highest BCUT2D eigenvalue weighted by Gasteiger charge is 2.20. The zero-order valence-corrected chi connectivity index (χ0v) is 11.7. The molecular weight excluding hydrogens is 278 g/mol. The van der Waals surface area contributed by atoms with Crippen LogP contribution in [-0.2, 0) is 6.54 Å². The van der Waals surface area contributed by atoms with Crippen molar-refractivity contribution in [1.29, 1.82) is 0 Å². The second kappa shape index (κ2) is 5.69. The van der Waals surface area contributed by atoms with E-state index in [4.69, 9.17) is 4.74 Å². The molecule has 1 fully saturated rings. The largest absolute Gasteiger partial charge is 0.489 e. The fourth-order valence-electron chi connectivity index (χ4n) is 1.57. The van der Waals surface area contributed by atoms with Gasteiger partial charge in [0.25, 0.3) is 0 Å². The van der Waals surface area contributed by atoms with Gasteiger partial charge >= 0.3 is 0 Å². The molecule has 0 amide bonds. The zero-order chi connectivity index (χ0) is 12.3. The molecule has 1 aliphatic carbocycles. The van der Waals surface area contributed by atoms with E-state index in [9.17, 15) is 0 Å². The van der Waals surface area contributed by atoms with Gasteiger partial charge in [0.15, 0.2) is 0 Å². The first kappa shape index (κ1) is 12.7. The van der Waals surface area contributed by atoms with Crippen molar-refractivity contribution in [2.24, 2.45) is 0 Å². The van der Waals surface area contributed by atoms with E-state index in [0.29, 0.717) is 12.6 Å². The highest BCUT2D eigenvalue weighted by molar-refractivity contribution is 9.10. The van der Waals surface area contributed by atoms with Crippen LogP contribution in [0.25, 0.3) is 0 Å². The van der Waals surface area contributed by atoms with Gasteiger partial charge in [-0.25, -0.2) is 0 Å². The molecule has 0 atom stereocenters. The molecule has 0 saturated heterocycles. The van der Waals surface area contributed by atoms with Crippen LogP contribution in [0, 0.1) is 0 Å². The van der Waals surface area contributed by atoms with Crippen molar-refractivity contribution in [1.82, 2.24) is 5.32 Å². The molecular formula is C14H18BrNO. The van der Waals surface area contributed by atoms with Gasteiger partial charge in [-0.15, -0.1) is 0 Å². The fourth-order valence-corrected chi connectivity index (χ4v) is 1.98. The van der Waals surface area contributed by atoms with Crippen molar-refractivity contribution < 1.29 is 4.74 Å². The van der Waals surface area contributed by atoms with E-state index < -0.39 is 0 Å². The van der Waals surface area contributed by atoms with E-state index >= 15 is 0 Å². The predicted molar refractivity (Wildman–Crippen MR) is 74.3 cm³/mol. The predicted octanol–water partition coefficient (Wildman–Crippen LogP) is 3.66. The van der Waals surface area contributed by atoms with E-state index in [2.05, 4.69) is 33.9 Å². The first-order chi connectivity index (χ1) is 8.15. The molecule has 1 aliphatic rings. The molecule has 0 radical (unpaired) electrons. The van der Waals surface area contributed by atoms with Crippen LogP contribution in [0.1, 0.15) is 25.3 Å². The number of benzene rings is 1. The Morgan fingerprint density at radius 1 is 1.53 bits per heavy atom. The summed E-state index contributed by atoms with van der Waals surface area (Å²) in [6.07, 6.45) is 2.60. The fraction of sp³-hybridized carbons (Fsp3) is 0.429. The van der Waals surface area contributed by atoms with Gasteiger partial charge in [-0.05, 0) is 43.5 Å². The van der Waals surface area contributed by atoms with Crippen LogP contribution in [0.15, 0.2) is 34.8 Å². The van der Waals surface area contributed by atoms with E-state index in [1.807, 2.05) is 19.1 Å². The molecule has 0 bridgehead atoms. The van der Waals surface area contributed by atoms with Crippen LogP contribution in [0.4, 0.5) is 0 Å². The van der Waals surface area contributed by atoms with Crippen LogP contribution >= 0.6 is 15.9 Å². The van der Waals surface area contributed by atoms with E-state index in [0.717, 1.165) is 22.3 Å². The summed E-state index contributed by atoms with van der Waals surface area (Å²) in [6.45, 7) is 7.28. The lowest BCUT2D eigenvalue weighted by Gasteiger charge is -2.12. The second-order valence-electron chi connectivity index (χ2n) is 4.65. The van der Waals surface area contributed by atoms with Gasteiger partial charge in [0, 0.05) is 22.6 Å². The Balaban J connectivity index is 2.02. The molecule has 0 heterocycles. The van der Waals surface area contributed by atoms with E-state index in [1.54, 1.807) is 0 Å². The smallest absolute Gasteiger partial charge is 0.124 e. The molecule has 1 saturated carbocycles. The molecule has 0 unspecified atom stereocenters. The molecule has 0 aliphatic heterocycles. The van der Waals surface area contributed by atoms with Crippen molar-refractivity contribution >= 4 is 15.9 Å². The highest BCUT2D eigenvalue weighted by Crippen LogP contribution is 2.25. The van der Waals surface area contributed by atoms with Gasteiger partial charge in [0.2, 0.25) is 0 Å². The summed E-state index contributed by atoms with van der Waals surface area (Å²) in [6, 6.07) is 6.84. The average molecular weight is 296 g/mol. The maximum atomic E-state index is 5.75. The van der Waals surface area contributed by atoms with E-state index in [-0.39, 0.29) is 0 Å². The summed E-state index contributed by atoms with van der Waals surface area (Å²) < 4.78 is 6.84. The van der Waals surface area contributed by atoms with Crippen molar-refractivity contribution in [3.8, 4) is 5.75 Å². The Kier molecular flexibility index (Phi) is 4.24. The Morgan fingerprint density at radius 2 is 2.29 bits per heavy atom. The number of nitrogens with one attached hydrogen (secondary N) is 1. The highest BCUT2D eigenvalue weighted by atomic mass is 79.9. The minimum absolute atomic E-state index is 0.581. The first-order valence-electron chi connectivity index (χ1n) is 5.94. The summed E-state index contributed by atoms with van der Waals surface area (Å²) in [5.74, 6) is 0.948. The third kappa shape index (κ3) is 4.17. The SMILES string of the molecule is C=C(C)COc1ccc(Br)cc1CNC1CC1. The summed E-state index contributed by atoms with van der Waals surface area (Å²) in [5, 5.41) is 3.50. The number of ether oxygens (including phenoxy) is 1. The third-order valence-corrected chi connectivity index (χ3v) is 3.15. The summed E-state index contributed by atoms with van der Waals surface area (Å²) in [4.78, 5) is 0. The van der Waals surface area contributed by atoms with Crippen LogP contribution in [0.5, 0.6) is 5.75 Å². The van der Waals surface area contributed by atoms with E-state index in [1.165, 1.54) is 18.4 Å². The topological polar surface area (TPSA) is 21.3 Å². The minimum atomic E-state index is 0.581. The standard InChI is InChI=1S/C14H18BrNO/c1-10(2)9-17-14-6-3-12(15)7-11(14)8-16-13-4-5-13/h3,6-7,13,16H,1,4-5,8-9H2,2H3. The molecule has 17 heavy (non-hydrogen) atoms. The van der Waals surface area contributed by atoms with Gasteiger partial charge in [-0.3, -0.25) is 0 Å². The number of hydrogen-bond acceptors (Lipinski definition) is 2. The molecule has 2 nitrogen and oxygen atoms in total. The van der Waals surface area contributed by atoms with Crippen LogP contribution in [0.3, 0.4) is 0 Å². The lowest BCUT2D eigenvalue weighted by Crippen LogP contribution is -2.16. The maximum absolute atomic E-state index is 5.75. The molecule has 1 aromatic carbocycles. The summed E-state index contributed by atoms with van der Waals surface area (Å²) in [5.41, 5.74) is 2.24. The molecule has 1 aromatic rings. The monoisotopic (exact) mass is 295 g/mol. The zero-order valence-electron chi connectivity index (χ0n) is 10.1. The van der Waals surface area contributed by atoms with Crippen molar-refractivity contribution in [2.45, 2.75) is 32.4 Å². The Labute approximate surface area is 111 Å². The number of hydrogen-bond donors (Lipinski definition) is 1. The van der Waals surface area contributed by atoms with Gasteiger partial charge < -0.3 is 10.1 Å². The van der Waals surface area contributed by atoms with Gasteiger partial charge in [0.1, 0.15) is 12.4 Å². The molecule has 2 rings (SSSR count). The first-order valence-corrected chi connectivity index (χ1v) is 6.73. The third-order valence-electron chi connectivity index (χ3n) is 2.66. The van der Waals surface area contributed by atoms with Crippen LogP contribution in [-0.4, -0.2) is 12.6 Å². The van der Waals surface area contributed by atoms with Gasteiger partial charge in [-0.1, -0.05) is 22.5 Å². The Hall–Kier alpha value is -0.800. The van der Waals surface area contributed by atoms with Gasteiger partial charge in [-0.2, -0.15) is 0 Å². The molecule has 92 valence electrons. The van der Waals surface area contributed by atoms with Crippen molar-refractivity contribution in [3.63, 3.8) is 0 Å². The minimum Gasteiger partial charge on any atom is -0.489 e. The molecule has 1 N–H and O–H groups in total. The quantitative estimate of drug-likeness (QED) is 0.809. The van der Waals surface area contributed by atoms with Gasteiger partial charge in [0.05, 0.1) is 0 Å². The number of rotatable bonds is 6. The normalized spacial score (nSPS) is 14.7. The lowest BCUT2D eigenvalue weighted by molar-refractivity contribution is 0.347. The Morgan fingerprint density at radius 3 is 2.94 bits per heavy atom. The lowest BCUT2D eigenvalue weighted by atomic mass is 10.2. The summed E-state index contributed by atoms with van der Waals surface area (Å²) >= 11 is 3.50. The maximum Gasteiger partial charge on any atom is 0.124 e. The molecule has 0 spiro atoms. The molecule has 0 aromatic heterocycles. The summed E-state index contributed by atoms with van der Waals surface area (Å²) in [7, 11) is 0.